The van der Waals surface area contributed by atoms with E-state index in [4.69, 9.17) is 0 Å². The first kappa shape index (κ1) is 14.3. The average molecular weight is 278 g/mol. The maximum Gasteiger partial charge on any atom is 0.196 e. The largest absolute Gasteiger partial charge is 0.288 e. The van der Waals surface area contributed by atoms with Crippen LogP contribution in [0.4, 0.5) is 13.2 Å². The summed E-state index contributed by atoms with van der Waals surface area (Å²) >= 11 is 0. The Morgan fingerprint density at radius 3 is 2.50 bits per heavy atom. The van der Waals surface area contributed by atoms with Crippen molar-refractivity contribution in [3.63, 3.8) is 0 Å². The van der Waals surface area contributed by atoms with Crippen molar-refractivity contribution in [1.82, 2.24) is 0 Å². The second-order valence-electron chi connectivity index (χ2n) is 4.50. The number of hydrogen-bond acceptors (Lipinski definition) is 1. The maximum absolute atomic E-state index is 13.6. The molecule has 2 rings (SSSR count). The Bertz CT molecular complexity index is 650. The van der Waals surface area contributed by atoms with Gasteiger partial charge in [-0.1, -0.05) is 31.5 Å². The Morgan fingerprint density at radius 2 is 1.80 bits per heavy atom. The lowest BCUT2D eigenvalue weighted by atomic mass is 9.99. The summed E-state index contributed by atoms with van der Waals surface area (Å²) in [4.78, 5) is 12.2. The smallest absolute Gasteiger partial charge is 0.196 e. The van der Waals surface area contributed by atoms with Crippen molar-refractivity contribution in [2.45, 2.75) is 19.8 Å². The minimum absolute atomic E-state index is 0.265. The summed E-state index contributed by atoms with van der Waals surface area (Å²) in [5.74, 6) is -5.03. The molecule has 2 aromatic carbocycles. The Balaban J connectivity index is 2.41. The average Bonchev–Trinajstić information content (AvgIpc) is 2.45. The highest BCUT2D eigenvalue weighted by Gasteiger charge is 2.19. The Labute approximate surface area is 115 Å². The summed E-state index contributed by atoms with van der Waals surface area (Å²) in [5, 5.41) is 0. The van der Waals surface area contributed by atoms with Gasteiger partial charge in [-0.3, -0.25) is 4.79 Å². The quantitative estimate of drug-likeness (QED) is 0.602. The van der Waals surface area contributed by atoms with E-state index in [1.165, 1.54) is 6.07 Å². The van der Waals surface area contributed by atoms with E-state index in [9.17, 15) is 18.0 Å². The number of benzene rings is 2. The number of carbonyl (C=O) groups is 1. The fourth-order valence-corrected chi connectivity index (χ4v) is 2.01. The lowest BCUT2D eigenvalue weighted by Crippen LogP contribution is -2.07. The van der Waals surface area contributed by atoms with Crippen molar-refractivity contribution < 1.29 is 18.0 Å². The minimum atomic E-state index is -1.62. The van der Waals surface area contributed by atoms with E-state index in [1.54, 1.807) is 12.1 Å². The van der Waals surface area contributed by atoms with Crippen LogP contribution in [-0.4, -0.2) is 5.78 Å². The normalized spacial score (nSPS) is 10.6. The van der Waals surface area contributed by atoms with Crippen LogP contribution in [-0.2, 0) is 6.42 Å². The molecular weight excluding hydrogens is 265 g/mol. The number of carbonyl (C=O) groups excluding carboxylic acids is 1. The van der Waals surface area contributed by atoms with Gasteiger partial charge < -0.3 is 0 Å². The molecule has 0 spiro atoms. The van der Waals surface area contributed by atoms with Gasteiger partial charge in [-0.15, -0.1) is 0 Å². The molecule has 0 aliphatic rings. The molecule has 0 saturated heterocycles. The van der Waals surface area contributed by atoms with Crippen LogP contribution in [0.2, 0.25) is 0 Å². The van der Waals surface area contributed by atoms with Crippen LogP contribution in [0.3, 0.4) is 0 Å². The number of ketones is 1. The highest BCUT2D eigenvalue weighted by molar-refractivity contribution is 6.09. The standard InChI is InChI=1S/C16H13F3O/c1-2-4-10-5-3-6-11(9-10)16(20)12-7-8-13(17)15(19)14(12)18/h3,5-9H,2,4H2,1H3. The summed E-state index contributed by atoms with van der Waals surface area (Å²) in [6.07, 6.45) is 1.71. The lowest BCUT2D eigenvalue weighted by Gasteiger charge is -2.06. The SMILES string of the molecule is CCCc1cccc(C(=O)c2ccc(F)c(F)c2F)c1. The van der Waals surface area contributed by atoms with E-state index in [1.807, 2.05) is 13.0 Å². The Morgan fingerprint density at radius 1 is 1.05 bits per heavy atom. The van der Waals surface area contributed by atoms with Gasteiger partial charge in [0.15, 0.2) is 23.2 Å². The van der Waals surface area contributed by atoms with Crippen LogP contribution in [0.1, 0.15) is 34.8 Å². The summed E-state index contributed by atoms with van der Waals surface area (Å²) in [7, 11) is 0. The third kappa shape index (κ3) is 2.74. The number of rotatable bonds is 4. The molecule has 0 saturated carbocycles. The van der Waals surface area contributed by atoms with E-state index in [2.05, 4.69) is 0 Å². The topological polar surface area (TPSA) is 17.1 Å². The highest BCUT2D eigenvalue weighted by Crippen LogP contribution is 2.19. The monoisotopic (exact) mass is 278 g/mol. The first-order valence-electron chi connectivity index (χ1n) is 6.31. The van der Waals surface area contributed by atoms with Gasteiger partial charge >= 0.3 is 0 Å². The molecule has 1 nitrogen and oxygen atoms in total. The molecule has 104 valence electrons. The van der Waals surface area contributed by atoms with Crippen LogP contribution < -0.4 is 0 Å². The van der Waals surface area contributed by atoms with E-state index in [0.29, 0.717) is 0 Å². The maximum atomic E-state index is 13.6. The van der Waals surface area contributed by atoms with E-state index < -0.39 is 28.8 Å². The molecule has 0 atom stereocenters. The predicted molar refractivity (Wildman–Crippen MR) is 70.2 cm³/mol. The van der Waals surface area contributed by atoms with E-state index in [0.717, 1.165) is 30.5 Å². The highest BCUT2D eigenvalue weighted by atomic mass is 19.2. The van der Waals surface area contributed by atoms with Crippen molar-refractivity contribution in [2.75, 3.05) is 0 Å². The summed E-state index contributed by atoms with van der Waals surface area (Å²) in [6, 6.07) is 8.44. The molecule has 20 heavy (non-hydrogen) atoms. The molecule has 0 bridgehead atoms. The van der Waals surface area contributed by atoms with Gasteiger partial charge in [0.1, 0.15) is 0 Å². The first-order valence-corrected chi connectivity index (χ1v) is 6.31. The first-order chi connectivity index (χ1) is 9.54. The van der Waals surface area contributed by atoms with Crippen LogP contribution in [0, 0.1) is 17.5 Å². The van der Waals surface area contributed by atoms with Crippen molar-refractivity contribution in [3.8, 4) is 0 Å². The molecule has 0 amide bonds. The molecule has 0 N–H and O–H groups in total. The zero-order valence-corrected chi connectivity index (χ0v) is 10.9. The zero-order valence-electron chi connectivity index (χ0n) is 10.9. The van der Waals surface area contributed by atoms with Gasteiger partial charge in [0, 0.05) is 5.56 Å². The van der Waals surface area contributed by atoms with Crippen molar-refractivity contribution in [1.29, 1.82) is 0 Å². The lowest BCUT2D eigenvalue weighted by molar-refractivity contribution is 0.103. The predicted octanol–water partition coefficient (Wildman–Crippen LogP) is 4.29. The van der Waals surface area contributed by atoms with Crippen LogP contribution in [0.5, 0.6) is 0 Å². The summed E-state index contributed by atoms with van der Waals surface area (Å²) in [6.45, 7) is 2.00. The van der Waals surface area contributed by atoms with Gasteiger partial charge in [0.25, 0.3) is 0 Å². The third-order valence-corrected chi connectivity index (χ3v) is 3.01. The van der Waals surface area contributed by atoms with Gasteiger partial charge in [-0.2, -0.15) is 0 Å². The molecule has 2 aromatic rings. The van der Waals surface area contributed by atoms with Crippen LogP contribution in [0.15, 0.2) is 36.4 Å². The molecule has 0 unspecified atom stereocenters. The second-order valence-corrected chi connectivity index (χ2v) is 4.50. The second kappa shape index (κ2) is 5.90. The van der Waals surface area contributed by atoms with Crippen molar-refractivity contribution >= 4 is 5.78 Å². The number of hydrogen-bond donors (Lipinski definition) is 0. The van der Waals surface area contributed by atoms with Crippen molar-refractivity contribution in [2.24, 2.45) is 0 Å². The van der Waals surface area contributed by atoms with Gasteiger partial charge in [0.2, 0.25) is 0 Å². The Kier molecular flexibility index (Phi) is 4.23. The van der Waals surface area contributed by atoms with E-state index in [-0.39, 0.29) is 5.56 Å². The van der Waals surface area contributed by atoms with Crippen molar-refractivity contribution in [3.05, 3.63) is 70.5 Å². The number of halogens is 3. The molecule has 0 heterocycles. The molecule has 0 radical (unpaired) electrons. The molecule has 0 aromatic heterocycles. The molecule has 0 fully saturated rings. The Hall–Kier alpha value is -2.10. The molecule has 0 aliphatic heterocycles. The molecule has 4 heteroatoms. The minimum Gasteiger partial charge on any atom is -0.288 e. The van der Waals surface area contributed by atoms with Gasteiger partial charge in [0.05, 0.1) is 5.56 Å². The fraction of sp³-hybridized carbons (Fsp3) is 0.188. The molecular formula is C16H13F3O. The summed E-state index contributed by atoms with van der Waals surface area (Å²) in [5.41, 5.74) is 0.750. The molecule has 0 aliphatic carbocycles. The third-order valence-electron chi connectivity index (χ3n) is 3.01. The number of aryl methyl sites for hydroxylation is 1. The van der Waals surface area contributed by atoms with Crippen LogP contribution in [0.25, 0.3) is 0 Å². The van der Waals surface area contributed by atoms with Crippen LogP contribution >= 0.6 is 0 Å². The van der Waals surface area contributed by atoms with Gasteiger partial charge in [-0.25, -0.2) is 13.2 Å². The van der Waals surface area contributed by atoms with E-state index >= 15 is 0 Å². The zero-order chi connectivity index (χ0) is 14.7. The van der Waals surface area contributed by atoms with Gasteiger partial charge in [-0.05, 0) is 30.2 Å². The fourth-order valence-electron chi connectivity index (χ4n) is 2.01. The summed E-state index contributed by atoms with van der Waals surface area (Å²) < 4.78 is 39.6.